The summed E-state index contributed by atoms with van der Waals surface area (Å²) in [6.07, 6.45) is 2.41. The van der Waals surface area contributed by atoms with Crippen LogP contribution in [0.2, 0.25) is 0 Å². The van der Waals surface area contributed by atoms with Gasteiger partial charge in [-0.05, 0) is 50.6 Å². The molecule has 144 valence electrons. The maximum absolute atomic E-state index is 13.6. The van der Waals surface area contributed by atoms with Gasteiger partial charge in [0.05, 0.1) is 10.6 Å². The molecule has 0 radical (unpaired) electrons. The van der Waals surface area contributed by atoms with Gasteiger partial charge in [-0.25, -0.2) is 8.42 Å². The number of benzene rings is 2. The van der Waals surface area contributed by atoms with Crippen LogP contribution in [0.4, 0.5) is 5.69 Å². The molecule has 1 amide bonds. The third-order valence-electron chi connectivity index (χ3n) is 5.62. The van der Waals surface area contributed by atoms with E-state index in [-0.39, 0.29) is 11.9 Å². The topological polar surface area (TPSA) is 69.7 Å². The van der Waals surface area contributed by atoms with E-state index in [2.05, 4.69) is 5.32 Å². The van der Waals surface area contributed by atoms with Gasteiger partial charge in [-0.3, -0.25) is 4.79 Å². The predicted octanol–water partition coefficient (Wildman–Crippen LogP) is 2.58. The molecule has 1 N–H and O–H groups in total. The smallest absolute Gasteiger partial charge is 0.258 e. The Morgan fingerprint density at radius 2 is 1.93 bits per heavy atom. The molecule has 0 spiro atoms. The van der Waals surface area contributed by atoms with Crippen LogP contribution in [0.5, 0.6) is 0 Å². The zero-order valence-corrected chi connectivity index (χ0v) is 16.6. The Balaban J connectivity index is 1.87. The summed E-state index contributed by atoms with van der Waals surface area (Å²) < 4.78 is 29.0. The van der Waals surface area contributed by atoms with Crippen molar-refractivity contribution in [3.63, 3.8) is 0 Å². The van der Waals surface area contributed by atoms with E-state index in [1.807, 2.05) is 13.0 Å². The van der Waals surface area contributed by atoms with Gasteiger partial charge in [-0.15, -0.1) is 0 Å². The molecule has 2 aliphatic heterocycles. The molecule has 2 aliphatic rings. The van der Waals surface area contributed by atoms with Crippen molar-refractivity contribution in [2.24, 2.45) is 0 Å². The summed E-state index contributed by atoms with van der Waals surface area (Å²) in [4.78, 5) is 14.4. The summed E-state index contributed by atoms with van der Waals surface area (Å²) in [5.41, 5.74) is 1.35. The maximum Gasteiger partial charge on any atom is 0.258 e. The average molecular weight is 388 g/mol. The van der Waals surface area contributed by atoms with E-state index in [9.17, 15) is 13.2 Å². The number of piperidine rings is 1. The van der Waals surface area contributed by atoms with Gasteiger partial charge in [0.1, 0.15) is 0 Å². The van der Waals surface area contributed by atoms with Crippen molar-refractivity contribution in [1.29, 1.82) is 0 Å². The predicted molar refractivity (Wildman–Crippen MR) is 107 cm³/mol. The summed E-state index contributed by atoms with van der Waals surface area (Å²) in [7, 11) is -1.93. The molecule has 2 aromatic rings. The van der Waals surface area contributed by atoms with Crippen LogP contribution in [0.3, 0.4) is 0 Å². The summed E-state index contributed by atoms with van der Waals surface area (Å²) in [6.45, 7) is 4.19. The minimum absolute atomic E-state index is 0.0172. The van der Waals surface area contributed by atoms with E-state index in [1.54, 1.807) is 40.5 Å². The van der Waals surface area contributed by atoms with Crippen molar-refractivity contribution >= 4 is 32.4 Å². The molecule has 0 saturated carbocycles. The molecule has 0 aromatic heterocycles. The molecule has 2 heterocycles. The van der Waals surface area contributed by atoms with Crippen molar-refractivity contribution in [2.45, 2.75) is 37.1 Å². The Kier molecular flexibility index (Phi) is 4.70. The van der Waals surface area contributed by atoms with Gasteiger partial charge >= 0.3 is 0 Å². The van der Waals surface area contributed by atoms with Gasteiger partial charge in [0.25, 0.3) is 5.91 Å². The highest BCUT2D eigenvalue weighted by molar-refractivity contribution is 7.89. The first-order chi connectivity index (χ1) is 13.0. The minimum atomic E-state index is -3.65. The highest BCUT2D eigenvalue weighted by atomic mass is 32.2. The largest absolute Gasteiger partial charge is 0.317 e. The third-order valence-corrected chi connectivity index (χ3v) is 7.63. The summed E-state index contributed by atoms with van der Waals surface area (Å²) in [5.74, 6) is -0.0890. The second-order valence-electron chi connectivity index (χ2n) is 7.27. The number of carbonyl (C=O) groups excluding carboxylic acids is 1. The van der Waals surface area contributed by atoms with E-state index < -0.39 is 10.0 Å². The molecule has 1 saturated heterocycles. The first-order valence-corrected chi connectivity index (χ1v) is 11.0. The van der Waals surface area contributed by atoms with E-state index in [4.69, 9.17) is 0 Å². The molecule has 0 bridgehead atoms. The van der Waals surface area contributed by atoms with Crippen LogP contribution in [0.25, 0.3) is 10.8 Å². The number of nitrogens with one attached hydrogen (secondary N) is 1. The van der Waals surface area contributed by atoms with E-state index in [0.717, 1.165) is 43.4 Å². The average Bonchev–Trinajstić information content (AvgIpc) is 2.93. The van der Waals surface area contributed by atoms with Gasteiger partial charge < -0.3 is 10.2 Å². The molecule has 0 unspecified atom stereocenters. The Hall–Kier alpha value is -1.96. The van der Waals surface area contributed by atoms with Crippen LogP contribution >= 0.6 is 0 Å². The van der Waals surface area contributed by atoms with Crippen LogP contribution < -0.4 is 10.2 Å². The molecule has 0 aliphatic carbocycles. The van der Waals surface area contributed by atoms with Gasteiger partial charge in [0, 0.05) is 36.0 Å². The van der Waals surface area contributed by atoms with Gasteiger partial charge in [-0.1, -0.05) is 19.1 Å². The van der Waals surface area contributed by atoms with Crippen molar-refractivity contribution in [3.05, 3.63) is 35.9 Å². The minimum Gasteiger partial charge on any atom is -0.317 e. The lowest BCUT2D eigenvalue weighted by Gasteiger charge is -2.34. The lowest BCUT2D eigenvalue weighted by Crippen LogP contribution is -2.46. The molecule has 6 nitrogen and oxygen atoms in total. The quantitative estimate of drug-likeness (QED) is 0.856. The van der Waals surface area contributed by atoms with Crippen molar-refractivity contribution in [3.8, 4) is 0 Å². The molecule has 4 rings (SSSR count). The van der Waals surface area contributed by atoms with Crippen LogP contribution in [-0.4, -0.2) is 51.4 Å². The number of hydrogen-bond acceptors (Lipinski definition) is 4. The highest BCUT2D eigenvalue weighted by Gasteiger charge is 2.35. The van der Waals surface area contributed by atoms with Crippen LogP contribution in [-0.2, 0) is 10.0 Å². The molecule has 0 atom stereocenters. The lowest BCUT2D eigenvalue weighted by atomic mass is 10.1. The molecule has 1 fully saturated rings. The summed E-state index contributed by atoms with van der Waals surface area (Å²) in [6, 6.07) is 8.79. The normalized spacial score (nSPS) is 18.0. The Morgan fingerprint density at radius 1 is 1.19 bits per heavy atom. The van der Waals surface area contributed by atoms with Gasteiger partial charge in [0.2, 0.25) is 10.0 Å². The highest BCUT2D eigenvalue weighted by Crippen LogP contribution is 2.40. The number of anilines is 1. The molecule has 27 heavy (non-hydrogen) atoms. The summed E-state index contributed by atoms with van der Waals surface area (Å²) in [5, 5.41) is 4.68. The van der Waals surface area contributed by atoms with Gasteiger partial charge in [0.15, 0.2) is 0 Å². The van der Waals surface area contributed by atoms with Crippen LogP contribution in [0.1, 0.15) is 36.5 Å². The van der Waals surface area contributed by atoms with Crippen LogP contribution in [0.15, 0.2) is 35.2 Å². The fourth-order valence-corrected chi connectivity index (χ4v) is 6.24. The Bertz CT molecular complexity index is 997. The standard InChI is InChI=1S/C20H25N3O3S/c1-3-13-23(14-9-11-21-12-10-14)27(25,26)18-8-7-17-19-15(18)5-4-6-16(19)20(24)22(17)2/h4-8,14,21H,3,9-13H2,1-2H3. The monoisotopic (exact) mass is 387 g/mol. The Morgan fingerprint density at radius 3 is 2.63 bits per heavy atom. The number of hydrogen-bond donors (Lipinski definition) is 1. The van der Waals surface area contributed by atoms with Crippen molar-refractivity contribution < 1.29 is 13.2 Å². The molecule has 7 heteroatoms. The zero-order chi connectivity index (χ0) is 19.2. The molecular formula is C20H25N3O3S. The van der Waals surface area contributed by atoms with Gasteiger partial charge in [-0.2, -0.15) is 4.31 Å². The second kappa shape index (κ2) is 6.89. The molecular weight excluding hydrogens is 362 g/mol. The first kappa shape index (κ1) is 18.4. The number of sulfonamides is 1. The fraction of sp³-hybridized carbons (Fsp3) is 0.450. The maximum atomic E-state index is 13.6. The first-order valence-electron chi connectivity index (χ1n) is 9.53. The lowest BCUT2D eigenvalue weighted by molar-refractivity contribution is 0.0999. The Labute approximate surface area is 160 Å². The number of nitrogens with zero attached hydrogens (tertiary/aromatic N) is 2. The van der Waals surface area contributed by atoms with Crippen LogP contribution in [0, 0.1) is 0 Å². The SMILES string of the molecule is CCCN(C1CCNCC1)S(=O)(=O)c1ccc2c3c(cccc13)C(=O)N2C. The third kappa shape index (κ3) is 2.85. The molecule has 2 aromatic carbocycles. The summed E-state index contributed by atoms with van der Waals surface area (Å²) >= 11 is 0. The number of rotatable bonds is 5. The fourth-order valence-electron chi connectivity index (χ4n) is 4.27. The van der Waals surface area contributed by atoms with E-state index >= 15 is 0 Å². The number of amides is 1. The van der Waals surface area contributed by atoms with Crippen molar-refractivity contribution in [1.82, 2.24) is 9.62 Å². The second-order valence-corrected chi connectivity index (χ2v) is 9.13. The number of carbonyl (C=O) groups is 1. The van der Waals surface area contributed by atoms with E-state index in [0.29, 0.717) is 22.4 Å². The van der Waals surface area contributed by atoms with Crippen molar-refractivity contribution in [2.75, 3.05) is 31.6 Å². The van der Waals surface area contributed by atoms with E-state index in [1.165, 1.54) is 0 Å². The zero-order valence-electron chi connectivity index (χ0n) is 15.7.